The summed E-state index contributed by atoms with van der Waals surface area (Å²) in [5.74, 6) is 0. The van der Waals surface area contributed by atoms with Gasteiger partial charge in [-0.15, -0.1) is 0 Å². The molecule has 1 aromatic rings. The van der Waals surface area contributed by atoms with E-state index in [1.165, 1.54) is 0 Å². The highest BCUT2D eigenvalue weighted by Crippen LogP contribution is 2.33. The molecule has 5 heteroatoms. The molecule has 2 nitrogen and oxygen atoms in total. The molecule has 1 rings (SSSR count). The van der Waals surface area contributed by atoms with Crippen molar-refractivity contribution in [3.63, 3.8) is 0 Å². The lowest BCUT2D eigenvalue weighted by Gasteiger charge is -2.05. The van der Waals surface area contributed by atoms with Crippen LogP contribution < -0.4 is 5.43 Å². The van der Waals surface area contributed by atoms with E-state index in [1.54, 1.807) is 12.1 Å². The van der Waals surface area contributed by atoms with Crippen molar-refractivity contribution in [3.8, 4) is 0 Å². The number of nitrogens with zero attached hydrogens (tertiary/aromatic N) is 1. The average Bonchev–Trinajstić information content (AvgIpc) is 1.96. The van der Waals surface area contributed by atoms with Crippen molar-refractivity contribution in [3.05, 3.63) is 27.2 Å². The highest BCUT2D eigenvalue weighted by Gasteiger charge is 2.05. The molecule has 0 saturated carbocycles. The van der Waals surface area contributed by atoms with E-state index in [1.807, 2.05) is 0 Å². The van der Waals surface area contributed by atoms with Gasteiger partial charge in [-0.1, -0.05) is 34.8 Å². The van der Waals surface area contributed by atoms with E-state index in [2.05, 4.69) is 17.2 Å². The molecule has 0 fully saturated rings. The van der Waals surface area contributed by atoms with Gasteiger partial charge in [0.05, 0.1) is 15.7 Å². The lowest BCUT2D eigenvalue weighted by atomic mass is 10.3. The molecule has 0 radical (unpaired) electrons. The number of rotatable bonds is 2. The van der Waals surface area contributed by atoms with Crippen LogP contribution in [0.4, 0.5) is 5.69 Å². The van der Waals surface area contributed by atoms with Gasteiger partial charge in [0, 0.05) is 11.7 Å². The van der Waals surface area contributed by atoms with Crippen LogP contribution in [0.5, 0.6) is 0 Å². The Morgan fingerprint density at radius 2 is 1.67 bits per heavy atom. The molecule has 64 valence electrons. The minimum absolute atomic E-state index is 0.417. The van der Waals surface area contributed by atoms with Gasteiger partial charge in [0.2, 0.25) is 0 Å². The second kappa shape index (κ2) is 3.99. The van der Waals surface area contributed by atoms with E-state index < -0.39 is 0 Å². The molecule has 0 aliphatic rings. The first-order valence-electron chi connectivity index (χ1n) is 3.01. The Hall–Kier alpha value is -0.440. The molecule has 0 bridgehead atoms. The molecule has 12 heavy (non-hydrogen) atoms. The molecule has 0 unspecified atom stereocenters. The van der Waals surface area contributed by atoms with Crippen molar-refractivity contribution in [1.82, 2.24) is 0 Å². The van der Waals surface area contributed by atoms with Crippen LogP contribution in [-0.4, -0.2) is 6.72 Å². The van der Waals surface area contributed by atoms with Crippen LogP contribution in [0.2, 0.25) is 15.1 Å². The molecule has 0 saturated heterocycles. The smallest absolute Gasteiger partial charge is 0.0934 e. The molecular weight excluding hydrogens is 218 g/mol. The van der Waals surface area contributed by atoms with E-state index in [0.29, 0.717) is 20.8 Å². The van der Waals surface area contributed by atoms with Crippen LogP contribution >= 0.6 is 34.8 Å². The summed E-state index contributed by atoms with van der Waals surface area (Å²) in [7, 11) is 0. The standard InChI is InChI=1S/C7H5Cl3N2/c1-11-12-7-5(9)2-4(8)3-6(7)10/h2-3,12H,1H2. The SMILES string of the molecule is C=NNc1c(Cl)cc(Cl)cc1Cl. The van der Waals surface area contributed by atoms with Gasteiger partial charge < -0.3 is 0 Å². The van der Waals surface area contributed by atoms with Crippen molar-refractivity contribution < 1.29 is 0 Å². The lowest BCUT2D eigenvalue weighted by Crippen LogP contribution is -1.88. The molecule has 1 aromatic carbocycles. The van der Waals surface area contributed by atoms with Crippen molar-refractivity contribution >= 4 is 47.2 Å². The van der Waals surface area contributed by atoms with Crippen molar-refractivity contribution in [2.45, 2.75) is 0 Å². The van der Waals surface area contributed by atoms with E-state index in [4.69, 9.17) is 34.8 Å². The zero-order chi connectivity index (χ0) is 9.14. The molecule has 0 aliphatic heterocycles. The maximum atomic E-state index is 5.79. The first-order valence-corrected chi connectivity index (χ1v) is 4.15. The maximum absolute atomic E-state index is 5.79. The Labute approximate surface area is 85.1 Å². The average molecular weight is 223 g/mol. The summed E-state index contributed by atoms with van der Waals surface area (Å²) in [6.07, 6.45) is 0. The third kappa shape index (κ3) is 2.03. The highest BCUT2D eigenvalue weighted by atomic mass is 35.5. The van der Waals surface area contributed by atoms with Gasteiger partial charge in [-0.2, -0.15) is 5.10 Å². The van der Waals surface area contributed by atoms with Gasteiger partial charge in [0.1, 0.15) is 0 Å². The van der Waals surface area contributed by atoms with Crippen molar-refractivity contribution in [2.75, 3.05) is 5.43 Å². The third-order valence-electron chi connectivity index (χ3n) is 1.20. The van der Waals surface area contributed by atoms with Crippen LogP contribution in [0.1, 0.15) is 0 Å². The molecule has 0 amide bonds. The van der Waals surface area contributed by atoms with Gasteiger partial charge in [-0.05, 0) is 12.1 Å². The normalized spacial score (nSPS) is 9.58. The zero-order valence-corrected chi connectivity index (χ0v) is 8.21. The molecule has 0 aliphatic carbocycles. The van der Waals surface area contributed by atoms with Gasteiger partial charge in [0.25, 0.3) is 0 Å². The third-order valence-corrected chi connectivity index (χ3v) is 2.01. The lowest BCUT2D eigenvalue weighted by molar-refractivity contribution is 1.36. The van der Waals surface area contributed by atoms with Crippen molar-refractivity contribution in [1.29, 1.82) is 0 Å². The highest BCUT2D eigenvalue weighted by molar-refractivity contribution is 6.41. The quantitative estimate of drug-likeness (QED) is 0.600. The molecule has 0 aromatic heterocycles. The number of benzene rings is 1. The fourth-order valence-corrected chi connectivity index (χ4v) is 1.63. The summed E-state index contributed by atoms with van der Waals surface area (Å²) in [4.78, 5) is 0. The van der Waals surface area contributed by atoms with Crippen LogP contribution in [-0.2, 0) is 0 Å². The first-order chi connectivity index (χ1) is 5.65. The Morgan fingerprint density at radius 1 is 1.17 bits per heavy atom. The zero-order valence-electron chi connectivity index (χ0n) is 5.94. The maximum Gasteiger partial charge on any atom is 0.0934 e. The van der Waals surface area contributed by atoms with Gasteiger partial charge in [-0.25, -0.2) is 0 Å². The van der Waals surface area contributed by atoms with Gasteiger partial charge in [0.15, 0.2) is 0 Å². The monoisotopic (exact) mass is 222 g/mol. The minimum atomic E-state index is 0.417. The number of hydrazone groups is 1. The van der Waals surface area contributed by atoms with Crippen molar-refractivity contribution in [2.24, 2.45) is 5.10 Å². The summed E-state index contributed by atoms with van der Waals surface area (Å²) >= 11 is 17.3. The predicted octanol–water partition coefficient (Wildman–Crippen LogP) is 3.67. The summed E-state index contributed by atoms with van der Waals surface area (Å²) in [6, 6.07) is 3.14. The minimum Gasteiger partial charge on any atom is -0.276 e. The predicted molar refractivity (Wildman–Crippen MR) is 54.6 cm³/mol. The fraction of sp³-hybridized carbons (Fsp3) is 0. The Balaban J connectivity index is 3.18. The Morgan fingerprint density at radius 3 is 2.08 bits per heavy atom. The van der Waals surface area contributed by atoms with Crippen LogP contribution in [0, 0.1) is 0 Å². The molecule has 1 N–H and O–H groups in total. The van der Waals surface area contributed by atoms with Gasteiger partial charge >= 0.3 is 0 Å². The Bertz CT molecular complexity index is 289. The largest absolute Gasteiger partial charge is 0.276 e. The number of hydrogen-bond donors (Lipinski definition) is 1. The Kier molecular flexibility index (Phi) is 3.20. The first kappa shape index (κ1) is 9.65. The van der Waals surface area contributed by atoms with E-state index in [0.717, 1.165) is 0 Å². The van der Waals surface area contributed by atoms with E-state index in [-0.39, 0.29) is 0 Å². The van der Waals surface area contributed by atoms with Crippen LogP contribution in [0.3, 0.4) is 0 Å². The second-order valence-electron chi connectivity index (χ2n) is 2.01. The topological polar surface area (TPSA) is 24.4 Å². The van der Waals surface area contributed by atoms with E-state index in [9.17, 15) is 0 Å². The molecular formula is C7H5Cl3N2. The summed E-state index contributed by atoms with van der Waals surface area (Å²) < 4.78 is 0. The van der Waals surface area contributed by atoms with Crippen LogP contribution in [0.25, 0.3) is 0 Å². The number of anilines is 1. The second-order valence-corrected chi connectivity index (χ2v) is 3.27. The summed E-state index contributed by atoms with van der Waals surface area (Å²) in [6.45, 7) is 3.25. The number of hydrogen-bond acceptors (Lipinski definition) is 2. The fourth-order valence-electron chi connectivity index (χ4n) is 0.728. The summed E-state index contributed by atoms with van der Waals surface area (Å²) in [5, 5.41) is 4.76. The number of halogens is 3. The summed E-state index contributed by atoms with van der Waals surface area (Å²) in [5.41, 5.74) is 3.07. The molecule has 0 atom stereocenters. The van der Waals surface area contributed by atoms with E-state index >= 15 is 0 Å². The van der Waals surface area contributed by atoms with Crippen LogP contribution in [0.15, 0.2) is 17.2 Å². The van der Waals surface area contributed by atoms with Gasteiger partial charge in [-0.3, -0.25) is 5.43 Å². The molecule has 0 heterocycles. The number of nitrogens with one attached hydrogen (secondary N) is 1. The molecule has 0 spiro atoms.